The van der Waals surface area contributed by atoms with Crippen LogP contribution in [0.3, 0.4) is 0 Å². The van der Waals surface area contributed by atoms with E-state index in [1.54, 1.807) is 0 Å². The molecule has 0 bridgehead atoms. The van der Waals surface area contributed by atoms with Gasteiger partial charge in [0.2, 0.25) is 5.91 Å². The fraction of sp³-hybridized carbons (Fsp3) is 0.158. The molecule has 3 nitrogen and oxygen atoms in total. The van der Waals surface area contributed by atoms with Gasteiger partial charge in [-0.3, -0.25) is 4.79 Å². The molecule has 2 heterocycles. The van der Waals surface area contributed by atoms with Crippen molar-refractivity contribution in [1.82, 2.24) is 9.88 Å². The van der Waals surface area contributed by atoms with E-state index in [0.29, 0.717) is 5.69 Å². The molecule has 7 heteroatoms. The molecule has 2 aromatic carbocycles. The Bertz CT molecular complexity index is 1010. The van der Waals surface area contributed by atoms with Crippen molar-refractivity contribution >= 4 is 28.6 Å². The van der Waals surface area contributed by atoms with Crippen molar-refractivity contribution in [3.8, 4) is 0 Å². The number of thioether (sulfide) groups is 1. The summed E-state index contributed by atoms with van der Waals surface area (Å²) in [4.78, 5) is 18.3. The molecule has 0 spiro atoms. The predicted octanol–water partition coefficient (Wildman–Crippen LogP) is 4.43. The summed E-state index contributed by atoms with van der Waals surface area (Å²) >= 11 is 1.38. The topological polar surface area (TPSA) is 33.2 Å². The first-order valence-electron chi connectivity index (χ1n) is 7.94. The van der Waals surface area contributed by atoms with Crippen molar-refractivity contribution in [2.24, 2.45) is 0 Å². The van der Waals surface area contributed by atoms with Crippen molar-refractivity contribution in [1.29, 1.82) is 0 Å². The molecule has 1 aliphatic rings. The van der Waals surface area contributed by atoms with Crippen molar-refractivity contribution in [3.05, 3.63) is 77.2 Å². The maximum Gasteiger partial charge on any atom is 0.234 e. The Morgan fingerprint density at radius 1 is 1.04 bits per heavy atom. The van der Waals surface area contributed by atoms with Gasteiger partial charge in [-0.15, -0.1) is 11.8 Å². The van der Waals surface area contributed by atoms with E-state index in [4.69, 9.17) is 0 Å². The van der Waals surface area contributed by atoms with Gasteiger partial charge >= 0.3 is 0 Å². The second kappa shape index (κ2) is 6.64. The first-order valence-corrected chi connectivity index (χ1v) is 8.98. The maximum atomic E-state index is 14.0. The van der Waals surface area contributed by atoms with Gasteiger partial charge in [0.1, 0.15) is 5.37 Å². The van der Waals surface area contributed by atoms with Crippen molar-refractivity contribution in [2.45, 2.75) is 11.9 Å². The first-order chi connectivity index (χ1) is 12.5. The smallest absolute Gasteiger partial charge is 0.234 e. The Kier molecular flexibility index (Phi) is 4.32. The number of pyridine rings is 1. The minimum atomic E-state index is -1.53. The largest absolute Gasteiger partial charge is 0.320 e. The van der Waals surface area contributed by atoms with E-state index < -0.39 is 22.8 Å². The lowest BCUT2D eigenvalue weighted by Gasteiger charge is -2.24. The number of amides is 1. The molecule has 1 aliphatic heterocycles. The number of aromatic nitrogens is 1. The van der Waals surface area contributed by atoms with Gasteiger partial charge in [0.15, 0.2) is 17.5 Å². The summed E-state index contributed by atoms with van der Waals surface area (Å²) in [6.45, 7) is -0.145. The molecule has 1 saturated heterocycles. The number of hydrogen-bond acceptors (Lipinski definition) is 3. The van der Waals surface area contributed by atoms with Crippen LogP contribution in [0.4, 0.5) is 13.2 Å². The van der Waals surface area contributed by atoms with E-state index in [0.717, 1.165) is 23.0 Å². The summed E-state index contributed by atoms with van der Waals surface area (Å²) in [5.41, 5.74) is 1.40. The molecule has 0 aliphatic carbocycles. The zero-order valence-electron chi connectivity index (χ0n) is 13.5. The molecular weight excluding hydrogens is 361 g/mol. The van der Waals surface area contributed by atoms with Crippen LogP contribution in [0.15, 0.2) is 48.5 Å². The van der Waals surface area contributed by atoms with E-state index in [1.165, 1.54) is 16.7 Å². The maximum absolute atomic E-state index is 14.0. The van der Waals surface area contributed by atoms with Crippen LogP contribution in [0.25, 0.3) is 10.9 Å². The molecule has 3 aromatic rings. The normalized spacial score (nSPS) is 17.3. The summed E-state index contributed by atoms with van der Waals surface area (Å²) in [6.07, 6.45) is 0. The lowest BCUT2D eigenvalue weighted by Crippen LogP contribution is -2.28. The van der Waals surface area contributed by atoms with Crippen molar-refractivity contribution in [2.75, 3.05) is 5.75 Å². The van der Waals surface area contributed by atoms with E-state index in [1.807, 2.05) is 36.4 Å². The number of carbonyl (C=O) groups is 1. The molecular formula is C19H13F3N2OS. The molecule has 0 saturated carbocycles. The molecule has 26 heavy (non-hydrogen) atoms. The number of nitrogens with zero attached hydrogens (tertiary/aromatic N) is 2. The second-order valence-electron chi connectivity index (χ2n) is 5.95. The summed E-state index contributed by atoms with van der Waals surface area (Å²) in [5.74, 6) is -4.01. The van der Waals surface area contributed by atoms with Crippen LogP contribution in [-0.2, 0) is 11.3 Å². The van der Waals surface area contributed by atoms with Gasteiger partial charge in [-0.2, -0.15) is 0 Å². The van der Waals surface area contributed by atoms with Crippen LogP contribution in [0.2, 0.25) is 0 Å². The van der Waals surface area contributed by atoms with Gasteiger partial charge in [-0.05, 0) is 18.2 Å². The molecule has 1 fully saturated rings. The van der Waals surface area contributed by atoms with Crippen LogP contribution >= 0.6 is 11.8 Å². The van der Waals surface area contributed by atoms with Crippen LogP contribution in [0.5, 0.6) is 0 Å². The van der Waals surface area contributed by atoms with Crippen LogP contribution in [0, 0.1) is 17.5 Å². The highest BCUT2D eigenvalue weighted by Gasteiger charge is 2.34. The van der Waals surface area contributed by atoms with Gasteiger partial charge in [0.05, 0.1) is 23.5 Å². The van der Waals surface area contributed by atoms with Crippen LogP contribution in [0.1, 0.15) is 16.6 Å². The van der Waals surface area contributed by atoms with Crippen LogP contribution in [-0.4, -0.2) is 21.5 Å². The highest BCUT2D eigenvalue weighted by Crippen LogP contribution is 2.39. The van der Waals surface area contributed by atoms with Gasteiger partial charge in [-0.25, -0.2) is 18.2 Å². The average Bonchev–Trinajstić information content (AvgIpc) is 3.02. The second-order valence-corrected chi connectivity index (χ2v) is 7.02. The SMILES string of the molecule is O=C1CSC(c2ccc3ccccc3n2)N1Cc1ccc(F)c(F)c1F. The van der Waals surface area contributed by atoms with E-state index in [2.05, 4.69) is 4.98 Å². The minimum absolute atomic E-state index is 0.0643. The van der Waals surface area contributed by atoms with E-state index in [-0.39, 0.29) is 23.8 Å². The van der Waals surface area contributed by atoms with E-state index in [9.17, 15) is 18.0 Å². The standard InChI is InChI=1S/C19H13F3N2OS/c20-13-7-5-12(17(21)18(13)22)9-24-16(25)10-26-19(24)15-8-6-11-3-1-2-4-14(11)23-15/h1-8,19H,9-10H2. The van der Waals surface area contributed by atoms with Gasteiger partial charge in [-0.1, -0.05) is 30.3 Å². The molecule has 1 atom stereocenters. The Morgan fingerprint density at radius 2 is 1.85 bits per heavy atom. The third kappa shape index (κ3) is 2.92. The van der Waals surface area contributed by atoms with Gasteiger partial charge in [0.25, 0.3) is 0 Å². The monoisotopic (exact) mass is 374 g/mol. The molecule has 1 unspecified atom stereocenters. The molecule has 132 valence electrons. The number of benzene rings is 2. The Hall–Kier alpha value is -2.54. The lowest BCUT2D eigenvalue weighted by molar-refractivity contribution is -0.128. The van der Waals surface area contributed by atoms with Gasteiger partial charge < -0.3 is 4.90 Å². The average molecular weight is 374 g/mol. The molecule has 0 radical (unpaired) electrons. The highest BCUT2D eigenvalue weighted by atomic mass is 32.2. The minimum Gasteiger partial charge on any atom is -0.320 e. The summed E-state index contributed by atoms with van der Waals surface area (Å²) in [5, 5.41) is 0.573. The predicted molar refractivity (Wildman–Crippen MR) is 93.8 cm³/mol. The van der Waals surface area contributed by atoms with Gasteiger partial charge in [0, 0.05) is 10.9 Å². The van der Waals surface area contributed by atoms with Crippen LogP contribution < -0.4 is 0 Å². The third-order valence-corrected chi connectivity index (χ3v) is 5.52. The Balaban J connectivity index is 1.68. The zero-order valence-corrected chi connectivity index (χ0v) is 14.3. The number of carbonyl (C=O) groups excluding carboxylic acids is 1. The molecule has 4 rings (SSSR count). The number of halogens is 3. The van der Waals surface area contributed by atoms with Crippen molar-refractivity contribution < 1.29 is 18.0 Å². The molecule has 1 aromatic heterocycles. The highest BCUT2D eigenvalue weighted by molar-refractivity contribution is 8.00. The first kappa shape index (κ1) is 16.9. The van der Waals surface area contributed by atoms with E-state index >= 15 is 0 Å². The number of fused-ring (bicyclic) bond motifs is 1. The zero-order chi connectivity index (χ0) is 18.3. The quantitative estimate of drug-likeness (QED) is 0.636. The Morgan fingerprint density at radius 3 is 2.69 bits per heavy atom. The van der Waals surface area contributed by atoms with Crippen molar-refractivity contribution in [3.63, 3.8) is 0 Å². The number of rotatable bonds is 3. The summed E-state index contributed by atoms with van der Waals surface area (Å²) in [6, 6.07) is 13.4. The number of hydrogen-bond donors (Lipinski definition) is 0. The lowest BCUT2D eigenvalue weighted by atomic mass is 10.1. The number of para-hydroxylation sites is 1. The molecule has 0 N–H and O–H groups in total. The fourth-order valence-corrected chi connectivity index (χ4v) is 4.10. The summed E-state index contributed by atoms with van der Waals surface area (Å²) in [7, 11) is 0. The Labute approximate surface area is 151 Å². The molecule has 1 amide bonds. The fourth-order valence-electron chi connectivity index (χ4n) is 2.96. The third-order valence-electron chi connectivity index (χ3n) is 4.30. The summed E-state index contributed by atoms with van der Waals surface area (Å²) < 4.78 is 40.6.